The average molecular weight is 551 g/mol. The number of para-hydroxylation sites is 1. The van der Waals surface area contributed by atoms with E-state index in [1.165, 1.54) is 0 Å². The number of nitrogens with zero attached hydrogens (tertiary/aromatic N) is 1. The van der Waals surface area contributed by atoms with Gasteiger partial charge < -0.3 is 19.5 Å². The second kappa shape index (κ2) is 12.0. The summed E-state index contributed by atoms with van der Waals surface area (Å²) in [5.74, 6) is -0.673. The summed E-state index contributed by atoms with van der Waals surface area (Å²) in [6.07, 6.45) is 0. The van der Waals surface area contributed by atoms with Gasteiger partial charge in [-0.15, -0.1) is 0 Å². The van der Waals surface area contributed by atoms with Crippen LogP contribution >= 0.6 is 0 Å². The Morgan fingerprint density at radius 1 is 0.805 bits per heavy atom. The summed E-state index contributed by atoms with van der Waals surface area (Å²) in [6, 6.07) is 27.6. The van der Waals surface area contributed by atoms with Crippen LogP contribution in [0.4, 0.5) is 11.4 Å². The van der Waals surface area contributed by atoms with Gasteiger partial charge in [0.05, 0.1) is 44.0 Å². The third-order valence-corrected chi connectivity index (χ3v) is 7.11. The summed E-state index contributed by atoms with van der Waals surface area (Å²) in [6.45, 7) is 1.93. The van der Waals surface area contributed by atoms with Crippen molar-refractivity contribution in [2.45, 2.75) is 18.9 Å². The van der Waals surface area contributed by atoms with Crippen molar-refractivity contribution in [2.24, 2.45) is 0 Å². The number of carbonyl (C=O) groups is 3. The van der Waals surface area contributed by atoms with Crippen molar-refractivity contribution in [3.63, 3.8) is 0 Å². The first-order chi connectivity index (χ1) is 20.0. The number of amides is 2. The number of benzene rings is 4. The summed E-state index contributed by atoms with van der Waals surface area (Å²) in [4.78, 5) is 42.7. The average Bonchev–Trinajstić information content (AvgIpc) is 3.01. The number of anilines is 2. The lowest BCUT2D eigenvalue weighted by Crippen LogP contribution is -2.46. The Morgan fingerprint density at radius 2 is 1.41 bits per heavy atom. The molecule has 0 unspecified atom stereocenters. The molecule has 8 nitrogen and oxygen atoms in total. The number of hydrogen-bond donors (Lipinski definition) is 1. The molecule has 1 heterocycles. The van der Waals surface area contributed by atoms with E-state index in [0.717, 1.165) is 5.56 Å². The molecule has 1 aliphatic rings. The Labute approximate surface area is 238 Å². The van der Waals surface area contributed by atoms with Crippen molar-refractivity contribution in [3.8, 4) is 11.5 Å². The van der Waals surface area contributed by atoms with Gasteiger partial charge in [0.2, 0.25) is 5.91 Å². The summed E-state index contributed by atoms with van der Waals surface area (Å²) in [7, 11) is 3.16. The summed E-state index contributed by atoms with van der Waals surface area (Å²) < 4.78 is 15.9. The maximum atomic E-state index is 14.3. The monoisotopic (exact) mass is 550 g/mol. The number of esters is 1. The Bertz CT molecular complexity index is 1570. The summed E-state index contributed by atoms with van der Waals surface area (Å²) >= 11 is 0. The predicted octanol–water partition coefficient (Wildman–Crippen LogP) is 6.00. The van der Waals surface area contributed by atoms with Crippen molar-refractivity contribution in [2.75, 3.05) is 31.0 Å². The highest BCUT2D eigenvalue weighted by atomic mass is 16.5. The van der Waals surface area contributed by atoms with E-state index in [-0.39, 0.29) is 24.0 Å². The molecule has 1 aliphatic heterocycles. The molecule has 2 atom stereocenters. The van der Waals surface area contributed by atoms with Crippen LogP contribution in [0.1, 0.15) is 50.7 Å². The SMILES string of the molecule is CCOC(=O)c1ccccc1NC(=O)[C@@H]1c2ccccc2C(=O)N(c2ccc(OC)cc2)[C@H]1c1ccc(OC)cc1. The van der Waals surface area contributed by atoms with Gasteiger partial charge in [-0.1, -0.05) is 42.5 Å². The Morgan fingerprint density at radius 3 is 2.07 bits per heavy atom. The molecule has 2 amide bonds. The number of carbonyl (C=O) groups excluding carboxylic acids is 3. The normalized spacial score (nSPS) is 16.0. The molecular weight excluding hydrogens is 520 g/mol. The van der Waals surface area contributed by atoms with E-state index in [1.807, 2.05) is 18.2 Å². The molecule has 0 radical (unpaired) electrons. The van der Waals surface area contributed by atoms with Crippen molar-refractivity contribution >= 4 is 29.2 Å². The van der Waals surface area contributed by atoms with Crippen molar-refractivity contribution in [1.29, 1.82) is 0 Å². The lowest BCUT2D eigenvalue weighted by atomic mass is 9.78. The fourth-order valence-corrected chi connectivity index (χ4v) is 5.18. The van der Waals surface area contributed by atoms with Crippen LogP contribution in [0.3, 0.4) is 0 Å². The van der Waals surface area contributed by atoms with E-state index < -0.39 is 17.9 Å². The van der Waals surface area contributed by atoms with Crippen LogP contribution in [0, 0.1) is 0 Å². The van der Waals surface area contributed by atoms with Crippen LogP contribution in [0.15, 0.2) is 97.1 Å². The van der Waals surface area contributed by atoms with Crippen LogP contribution in [0.5, 0.6) is 11.5 Å². The highest BCUT2D eigenvalue weighted by molar-refractivity contribution is 6.13. The van der Waals surface area contributed by atoms with E-state index in [4.69, 9.17) is 14.2 Å². The van der Waals surface area contributed by atoms with Crippen LogP contribution < -0.4 is 19.7 Å². The number of rotatable bonds is 8. The second-order valence-corrected chi connectivity index (χ2v) is 9.41. The lowest BCUT2D eigenvalue weighted by molar-refractivity contribution is -0.118. The minimum atomic E-state index is -0.824. The Hall–Kier alpha value is -5.11. The zero-order valence-electron chi connectivity index (χ0n) is 23.0. The van der Waals surface area contributed by atoms with Gasteiger partial charge in [-0.25, -0.2) is 4.79 Å². The fourth-order valence-electron chi connectivity index (χ4n) is 5.18. The van der Waals surface area contributed by atoms with Gasteiger partial charge in [0.25, 0.3) is 5.91 Å². The van der Waals surface area contributed by atoms with Gasteiger partial charge in [0.15, 0.2) is 0 Å². The molecule has 0 aliphatic carbocycles. The van der Waals surface area contributed by atoms with E-state index in [2.05, 4.69) is 5.32 Å². The van der Waals surface area contributed by atoms with E-state index in [9.17, 15) is 14.4 Å². The molecule has 1 N–H and O–H groups in total. The molecule has 0 saturated carbocycles. The van der Waals surface area contributed by atoms with E-state index >= 15 is 0 Å². The van der Waals surface area contributed by atoms with Crippen molar-refractivity contribution in [1.82, 2.24) is 0 Å². The minimum absolute atomic E-state index is 0.204. The molecular formula is C33H30N2O6. The van der Waals surface area contributed by atoms with Crippen LogP contribution in [0.25, 0.3) is 0 Å². The zero-order valence-corrected chi connectivity index (χ0v) is 23.0. The molecule has 0 aromatic heterocycles. The molecule has 0 bridgehead atoms. The molecule has 4 aromatic carbocycles. The molecule has 0 spiro atoms. The van der Waals surface area contributed by atoms with Gasteiger partial charge in [-0.3, -0.25) is 14.5 Å². The Kier molecular flexibility index (Phi) is 8.01. The quantitative estimate of drug-likeness (QED) is 0.270. The third-order valence-electron chi connectivity index (χ3n) is 7.11. The number of nitrogens with one attached hydrogen (secondary N) is 1. The smallest absolute Gasteiger partial charge is 0.340 e. The first-order valence-electron chi connectivity index (χ1n) is 13.2. The molecule has 0 saturated heterocycles. The maximum Gasteiger partial charge on any atom is 0.340 e. The molecule has 5 rings (SSSR count). The fraction of sp³-hybridized carbons (Fsp3) is 0.182. The minimum Gasteiger partial charge on any atom is -0.497 e. The molecule has 8 heteroatoms. The maximum absolute atomic E-state index is 14.3. The third kappa shape index (κ3) is 5.36. The van der Waals surface area contributed by atoms with Crippen molar-refractivity contribution < 1.29 is 28.6 Å². The zero-order chi connectivity index (χ0) is 28.9. The van der Waals surface area contributed by atoms with Crippen LogP contribution in [-0.2, 0) is 9.53 Å². The number of fused-ring (bicyclic) bond motifs is 1. The summed E-state index contributed by atoms with van der Waals surface area (Å²) in [5.41, 5.74) is 2.94. The van der Waals surface area contributed by atoms with Gasteiger partial charge in [0.1, 0.15) is 11.5 Å². The van der Waals surface area contributed by atoms with E-state index in [0.29, 0.717) is 34.0 Å². The van der Waals surface area contributed by atoms with Crippen LogP contribution in [0.2, 0.25) is 0 Å². The molecule has 41 heavy (non-hydrogen) atoms. The molecule has 4 aromatic rings. The summed E-state index contributed by atoms with van der Waals surface area (Å²) in [5, 5.41) is 2.97. The topological polar surface area (TPSA) is 94.2 Å². The predicted molar refractivity (Wildman–Crippen MR) is 156 cm³/mol. The first-order valence-corrected chi connectivity index (χ1v) is 13.2. The van der Waals surface area contributed by atoms with Gasteiger partial charge in [-0.2, -0.15) is 0 Å². The standard InChI is InChI=1S/C33H30N2O6/c1-4-41-33(38)27-11-7-8-12-28(27)34-31(36)29-25-9-5-6-10-26(25)32(37)35(22-15-19-24(40-3)20-16-22)30(29)21-13-17-23(39-2)18-14-21/h5-20,29-30H,4H2,1-3H3,(H,34,36)/t29-,30+/m1/s1. The highest BCUT2D eigenvalue weighted by Crippen LogP contribution is 2.46. The largest absolute Gasteiger partial charge is 0.497 e. The number of hydrogen-bond acceptors (Lipinski definition) is 6. The Balaban J connectivity index is 1.66. The first kappa shape index (κ1) is 27.5. The number of ether oxygens (including phenoxy) is 3. The van der Waals surface area contributed by atoms with E-state index in [1.54, 1.807) is 105 Å². The molecule has 208 valence electrons. The van der Waals surface area contributed by atoms with Crippen LogP contribution in [-0.4, -0.2) is 38.6 Å². The van der Waals surface area contributed by atoms with Gasteiger partial charge in [-0.05, 0) is 72.6 Å². The second-order valence-electron chi connectivity index (χ2n) is 9.41. The van der Waals surface area contributed by atoms with Gasteiger partial charge >= 0.3 is 5.97 Å². The van der Waals surface area contributed by atoms with Gasteiger partial charge in [0, 0.05) is 11.3 Å². The molecule has 0 fully saturated rings. The lowest BCUT2D eigenvalue weighted by Gasteiger charge is -2.42. The van der Waals surface area contributed by atoms with Crippen molar-refractivity contribution in [3.05, 3.63) is 119 Å². The number of methoxy groups -OCH3 is 2. The highest BCUT2D eigenvalue weighted by Gasteiger charge is 2.45.